The summed E-state index contributed by atoms with van der Waals surface area (Å²) in [5, 5.41) is 3.21. The monoisotopic (exact) mass is 350 g/mol. The third-order valence-electron chi connectivity index (χ3n) is 3.77. The molecule has 0 saturated carbocycles. The third kappa shape index (κ3) is 3.02. The van der Waals surface area contributed by atoms with Crippen molar-refractivity contribution in [3.63, 3.8) is 0 Å². The maximum Gasteiger partial charge on any atom is 0.229 e. The number of hydrogen-bond acceptors (Lipinski definition) is 4. The predicted molar refractivity (Wildman–Crippen MR) is 93.8 cm³/mol. The molecule has 0 radical (unpaired) electrons. The number of nitrogens with zero attached hydrogens (tertiary/aromatic N) is 3. The lowest BCUT2D eigenvalue weighted by Crippen LogP contribution is -2.29. The molecule has 2 aliphatic rings. The van der Waals surface area contributed by atoms with Crippen molar-refractivity contribution in [2.45, 2.75) is 13.1 Å². The summed E-state index contributed by atoms with van der Waals surface area (Å²) in [5.74, 6) is -0.0551. The highest BCUT2D eigenvalue weighted by atomic mass is 35.5. The molecule has 1 aliphatic heterocycles. The number of aromatic nitrogens is 2. The number of carbonyl (C=O) groups is 1. The van der Waals surface area contributed by atoms with Gasteiger partial charge in [0.2, 0.25) is 5.78 Å². The number of halogens is 2. The van der Waals surface area contributed by atoms with E-state index in [4.69, 9.17) is 0 Å². The Morgan fingerprint density at radius 2 is 1.96 bits per heavy atom. The van der Waals surface area contributed by atoms with E-state index in [2.05, 4.69) is 15.3 Å². The molecule has 1 aromatic heterocycles. The van der Waals surface area contributed by atoms with Gasteiger partial charge in [0, 0.05) is 13.1 Å². The summed E-state index contributed by atoms with van der Waals surface area (Å²) in [4.78, 5) is 21.2. The molecule has 0 atom stereocenters. The van der Waals surface area contributed by atoms with Gasteiger partial charge in [-0.1, -0.05) is 30.3 Å². The molecule has 0 fully saturated rings. The molecule has 120 valence electrons. The summed E-state index contributed by atoms with van der Waals surface area (Å²) in [6.45, 7) is 2.14. The number of ketones is 1. The van der Waals surface area contributed by atoms with Gasteiger partial charge in [-0.3, -0.25) is 9.79 Å². The van der Waals surface area contributed by atoms with Crippen molar-refractivity contribution in [2.24, 2.45) is 4.99 Å². The first-order chi connectivity index (χ1) is 10.3. The van der Waals surface area contributed by atoms with Gasteiger partial charge >= 0.3 is 0 Å². The van der Waals surface area contributed by atoms with Gasteiger partial charge in [-0.15, -0.1) is 24.8 Å². The summed E-state index contributed by atoms with van der Waals surface area (Å²) in [5.41, 5.74) is 3.91. The average molecular weight is 351 g/mol. The second-order valence-electron chi connectivity index (χ2n) is 5.13. The number of carbonyl (C=O) groups excluding carboxylic acids is 1. The first kappa shape index (κ1) is 17.2. The largest absolute Gasteiger partial charge is 0.378 e. The number of benzene rings is 1. The van der Waals surface area contributed by atoms with Crippen LogP contribution in [0.3, 0.4) is 0 Å². The first-order valence-electron chi connectivity index (χ1n) is 6.97. The fourth-order valence-electron chi connectivity index (χ4n) is 2.71. The van der Waals surface area contributed by atoms with Crippen LogP contribution in [0.5, 0.6) is 0 Å². The minimum atomic E-state index is -0.0551. The number of aliphatic imine (C=N–C) groups is 1. The highest BCUT2D eigenvalue weighted by Crippen LogP contribution is 2.22. The Morgan fingerprint density at radius 1 is 1.17 bits per heavy atom. The van der Waals surface area contributed by atoms with Gasteiger partial charge in [-0.2, -0.15) is 0 Å². The Balaban J connectivity index is 0.000000960. The summed E-state index contributed by atoms with van der Waals surface area (Å²) < 4.78 is 2.00. The van der Waals surface area contributed by atoms with Crippen LogP contribution < -0.4 is 5.32 Å². The molecule has 0 spiro atoms. The molecule has 0 bridgehead atoms. The van der Waals surface area contributed by atoms with Crippen molar-refractivity contribution in [3.8, 4) is 0 Å². The van der Waals surface area contributed by atoms with E-state index in [1.807, 2.05) is 41.0 Å². The lowest BCUT2D eigenvalue weighted by Gasteiger charge is -2.20. The zero-order chi connectivity index (χ0) is 14.2. The smallest absolute Gasteiger partial charge is 0.229 e. The fraction of sp³-hybridized carbons (Fsp3) is 0.188. The van der Waals surface area contributed by atoms with Crippen LogP contribution in [0.15, 0.2) is 53.4 Å². The highest BCUT2D eigenvalue weighted by molar-refractivity contribution is 6.24. The van der Waals surface area contributed by atoms with E-state index in [9.17, 15) is 4.79 Å². The molecule has 1 N–H and O–H groups in total. The maximum atomic E-state index is 12.5. The van der Waals surface area contributed by atoms with E-state index < -0.39 is 0 Å². The van der Waals surface area contributed by atoms with Gasteiger partial charge in [0.1, 0.15) is 5.69 Å². The fourth-order valence-corrected chi connectivity index (χ4v) is 2.71. The van der Waals surface area contributed by atoms with E-state index in [-0.39, 0.29) is 30.6 Å². The number of imidazole rings is 1. The number of allylic oxidation sites excluding steroid dienone is 2. The Kier molecular flexibility index (Phi) is 5.23. The predicted octanol–water partition coefficient (Wildman–Crippen LogP) is 2.40. The molecule has 5 nitrogen and oxygen atoms in total. The summed E-state index contributed by atoms with van der Waals surface area (Å²) >= 11 is 0. The molecule has 1 aliphatic carbocycles. The Bertz CT molecular complexity index is 781. The van der Waals surface area contributed by atoms with Gasteiger partial charge in [0.15, 0.2) is 0 Å². The second-order valence-corrected chi connectivity index (χ2v) is 5.13. The van der Waals surface area contributed by atoms with Crippen molar-refractivity contribution < 1.29 is 4.79 Å². The maximum absolute atomic E-state index is 12.5. The van der Waals surface area contributed by atoms with Crippen molar-refractivity contribution in [1.29, 1.82) is 0 Å². The van der Waals surface area contributed by atoms with Crippen LogP contribution in [0.1, 0.15) is 21.7 Å². The Morgan fingerprint density at radius 3 is 2.74 bits per heavy atom. The molecule has 7 heteroatoms. The van der Waals surface area contributed by atoms with Crippen molar-refractivity contribution in [3.05, 3.63) is 65.4 Å². The number of hydrogen-bond donors (Lipinski definition) is 1. The van der Waals surface area contributed by atoms with Crippen LogP contribution in [0.25, 0.3) is 0 Å². The van der Waals surface area contributed by atoms with Crippen LogP contribution in [0.2, 0.25) is 0 Å². The SMILES string of the molecule is Cl.Cl.O=C1C(NCc2ccccc2)=CC2=NCCn3cnc1c32. The van der Waals surface area contributed by atoms with Crippen molar-refractivity contribution >= 4 is 36.3 Å². The molecule has 0 unspecified atom stereocenters. The van der Waals surface area contributed by atoms with Crippen LogP contribution in [0, 0.1) is 0 Å². The van der Waals surface area contributed by atoms with E-state index in [1.165, 1.54) is 0 Å². The van der Waals surface area contributed by atoms with Crippen molar-refractivity contribution in [1.82, 2.24) is 14.9 Å². The molecule has 2 heterocycles. The summed E-state index contributed by atoms with van der Waals surface area (Å²) in [6, 6.07) is 10.0. The van der Waals surface area contributed by atoms with E-state index >= 15 is 0 Å². The molecule has 0 amide bonds. The van der Waals surface area contributed by atoms with Gasteiger partial charge in [0.05, 0.1) is 30.0 Å². The van der Waals surface area contributed by atoms with E-state index in [1.54, 1.807) is 6.33 Å². The minimum Gasteiger partial charge on any atom is -0.378 e. The average Bonchev–Trinajstić information content (AvgIpc) is 2.96. The number of Topliss-reactive ketones (excluding diaryl/α,β-unsaturated/α-hetero) is 1. The lowest BCUT2D eigenvalue weighted by atomic mass is 10.0. The molecular weight excluding hydrogens is 335 g/mol. The standard InChI is InChI=1S/C16H14N4O.2ClH/c21-16-13(18-9-11-4-2-1-3-5-11)8-12-15-14(16)19-10-20(15)7-6-17-12;;/h1-5,8,10,18H,6-7,9H2;2*1H. The summed E-state index contributed by atoms with van der Waals surface area (Å²) in [7, 11) is 0. The molecule has 2 aromatic rings. The zero-order valence-electron chi connectivity index (χ0n) is 12.2. The normalized spacial score (nSPS) is 14.7. The Hall–Kier alpha value is -2.11. The van der Waals surface area contributed by atoms with Crippen LogP contribution >= 0.6 is 24.8 Å². The first-order valence-corrected chi connectivity index (χ1v) is 6.97. The van der Waals surface area contributed by atoms with Crippen LogP contribution in [-0.2, 0) is 13.1 Å². The molecule has 1 aromatic carbocycles. The van der Waals surface area contributed by atoms with Crippen LogP contribution in [-0.4, -0.2) is 27.6 Å². The highest BCUT2D eigenvalue weighted by Gasteiger charge is 2.30. The van der Waals surface area contributed by atoms with E-state index in [0.717, 1.165) is 30.1 Å². The zero-order valence-corrected chi connectivity index (χ0v) is 13.9. The molecule has 4 rings (SSSR count). The summed E-state index contributed by atoms with van der Waals surface area (Å²) in [6.07, 6.45) is 3.57. The van der Waals surface area contributed by atoms with Crippen LogP contribution in [0.4, 0.5) is 0 Å². The molecular formula is C16H16Cl2N4O. The lowest BCUT2D eigenvalue weighted by molar-refractivity contribution is 0.102. The van der Waals surface area contributed by atoms with Gasteiger partial charge in [-0.05, 0) is 11.6 Å². The number of nitrogens with one attached hydrogen (secondary N) is 1. The number of rotatable bonds is 3. The quantitative estimate of drug-likeness (QED) is 0.924. The third-order valence-corrected chi connectivity index (χ3v) is 3.77. The molecule has 23 heavy (non-hydrogen) atoms. The topological polar surface area (TPSA) is 59.3 Å². The Labute approximate surface area is 146 Å². The van der Waals surface area contributed by atoms with Gasteiger partial charge in [0.25, 0.3) is 0 Å². The van der Waals surface area contributed by atoms with Gasteiger partial charge < -0.3 is 9.88 Å². The minimum absolute atomic E-state index is 0. The van der Waals surface area contributed by atoms with Crippen molar-refractivity contribution in [2.75, 3.05) is 6.54 Å². The second kappa shape index (κ2) is 6.98. The van der Waals surface area contributed by atoms with Gasteiger partial charge in [-0.25, -0.2) is 4.98 Å². The molecule has 0 saturated heterocycles. The van der Waals surface area contributed by atoms with E-state index in [0.29, 0.717) is 17.9 Å².